The second-order valence-electron chi connectivity index (χ2n) is 5.80. The number of carbonyl (C=O) groups is 1. The Hall–Kier alpha value is -2.15. The van der Waals surface area contributed by atoms with Crippen molar-refractivity contribution in [2.24, 2.45) is 0 Å². The van der Waals surface area contributed by atoms with E-state index < -0.39 is 0 Å². The van der Waals surface area contributed by atoms with Crippen molar-refractivity contribution in [3.63, 3.8) is 0 Å². The summed E-state index contributed by atoms with van der Waals surface area (Å²) in [7, 11) is 0. The summed E-state index contributed by atoms with van der Waals surface area (Å²) in [6.45, 7) is 3.54. The molecule has 0 bridgehead atoms. The summed E-state index contributed by atoms with van der Waals surface area (Å²) in [6, 6.07) is 10.8. The summed E-state index contributed by atoms with van der Waals surface area (Å²) in [6.07, 6.45) is 3.59. The van der Waals surface area contributed by atoms with Crippen molar-refractivity contribution in [2.45, 2.75) is 6.04 Å². The summed E-state index contributed by atoms with van der Waals surface area (Å²) >= 11 is 5.94. The molecule has 0 spiro atoms. The highest BCUT2D eigenvalue weighted by Gasteiger charge is 2.23. The molecule has 3 rings (SSSR count). The van der Waals surface area contributed by atoms with Gasteiger partial charge < -0.3 is 15.4 Å². The number of rotatable bonds is 5. The van der Waals surface area contributed by atoms with E-state index in [4.69, 9.17) is 16.3 Å². The van der Waals surface area contributed by atoms with Crippen molar-refractivity contribution in [3.05, 3.63) is 59.4 Å². The zero-order valence-electron chi connectivity index (χ0n) is 13.8. The van der Waals surface area contributed by atoms with Gasteiger partial charge in [-0.15, -0.1) is 0 Å². The van der Waals surface area contributed by atoms with E-state index in [-0.39, 0.29) is 12.1 Å². The number of hydrogen-bond acceptors (Lipinski definition) is 4. The molecule has 1 atom stereocenters. The maximum absolute atomic E-state index is 12.2. The highest BCUT2D eigenvalue weighted by atomic mass is 35.5. The zero-order chi connectivity index (χ0) is 17.5. The standard InChI is InChI=1S/C18H21ClN4O2/c19-15-4-1-5-16(11-15)22-18(24)21-13-17(14-3-2-6-20-12-14)23-7-9-25-10-8-23/h1-6,11-12,17H,7-10,13H2,(H2,21,22,24). The number of carbonyl (C=O) groups excluding carboxylic acids is 1. The monoisotopic (exact) mass is 360 g/mol. The van der Waals surface area contributed by atoms with Gasteiger partial charge in [-0.05, 0) is 29.8 Å². The number of urea groups is 1. The van der Waals surface area contributed by atoms with Crippen LogP contribution in [0.25, 0.3) is 0 Å². The van der Waals surface area contributed by atoms with Crippen LogP contribution in [0.1, 0.15) is 11.6 Å². The van der Waals surface area contributed by atoms with Gasteiger partial charge in [-0.25, -0.2) is 4.79 Å². The van der Waals surface area contributed by atoms with Crippen LogP contribution in [-0.2, 0) is 4.74 Å². The maximum Gasteiger partial charge on any atom is 0.319 e. The predicted molar refractivity (Wildman–Crippen MR) is 97.8 cm³/mol. The van der Waals surface area contributed by atoms with Crippen molar-refractivity contribution in [3.8, 4) is 0 Å². The Balaban J connectivity index is 1.62. The number of nitrogens with zero attached hydrogens (tertiary/aromatic N) is 2. The van der Waals surface area contributed by atoms with E-state index in [1.807, 2.05) is 18.3 Å². The summed E-state index contributed by atoms with van der Waals surface area (Å²) in [5, 5.41) is 6.32. The molecule has 1 fully saturated rings. The van der Waals surface area contributed by atoms with E-state index in [0.717, 1.165) is 18.7 Å². The van der Waals surface area contributed by atoms with Crippen LogP contribution in [0.15, 0.2) is 48.8 Å². The van der Waals surface area contributed by atoms with Gasteiger partial charge in [0.25, 0.3) is 0 Å². The average molecular weight is 361 g/mol. The minimum absolute atomic E-state index is 0.0581. The largest absolute Gasteiger partial charge is 0.379 e. The molecule has 1 aliphatic heterocycles. The van der Waals surface area contributed by atoms with Gasteiger partial charge in [0, 0.05) is 42.7 Å². The van der Waals surface area contributed by atoms with Gasteiger partial charge in [-0.1, -0.05) is 23.7 Å². The van der Waals surface area contributed by atoms with E-state index in [9.17, 15) is 4.79 Å². The highest BCUT2D eigenvalue weighted by Crippen LogP contribution is 2.20. The van der Waals surface area contributed by atoms with Gasteiger partial charge in [-0.3, -0.25) is 9.88 Å². The zero-order valence-corrected chi connectivity index (χ0v) is 14.6. The summed E-state index contributed by atoms with van der Waals surface area (Å²) in [5.74, 6) is 0. The molecule has 1 saturated heterocycles. The lowest BCUT2D eigenvalue weighted by Gasteiger charge is -2.34. The Morgan fingerprint density at radius 3 is 2.84 bits per heavy atom. The maximum atomic E-state index is 12.2. The number of morpholine rings is 1. The number of aromatic nitrogens is 1. The van der Waals surface area contributed by atoms with Crippen molar-refractivity contribution >= 4 is 23.3 Å². The first kappa shape index (κ1) is 17.7. The molecule has 1 aromatic heterocycles. The van der Waals surface area contributed by atoms with E-state index in [1.165, 1.54) is 0 Å². The van der Waals surface area contributed by atoms with Crippen LogP contribution in [0.2, 0.25) is 5.02 Å². The van der Waals surface area contributed by atoms with Crippen molar-refractivity contribution < 1.29 is 9.53 Å². The van der Waals surface area contributed by atoms with Crippen LogP contribution in [-0.4, -0.2) is 48.8 Å². The Morgan fingerprint density at radius 2 is 2.12 bits per heavy atom. The Kier molecular flexibility index (Phi) is 6.22. The molecule has 0 saturated carbocycles. The molecule has 1 unspecified atom stereocenters. The van der Waals surface area contributed by atoms with Crippen LogP contribution >= 0.6 is 11.6 Å². The van der Waals surface area contributed by atoms with Crippen LogP contribution < -0.4 is 10.6 Å². The molecule has 0 radical (unpaired) electrons. The van der Waals surface area contributed by atoms with Gasteiger partial charge in [0.2, 0.25) is 0 Å². The molecular formula is C18H21ClN4O2. The van der Waals surface area contributed by atoms with Gasteiger partial charge in [0.15, 0.2) is 0 Å². The molecule has 1 aliphatic rings. The van der Waals surface area contributed by atoms with Crippen molar-refractivity contribution in [1.82, 2.24) is 15.2 Å². The molecule has 1 aromatic carbocycles. The second-order valence-corrected chi connectivity index (χ2v) is 6.23. The number of amides is 2. The lowest BCUT2D eigenvalue weighted by molar-refractivity contribution is 0.0167. The van der Waals surface area contributed by atoms with Crippen LogP contribution in [0, 0.1) is 0 Å². The fourth-order valence-corrected chi connectivity index (χ4v) is 3.04. The van der Waals surface area contributed by atoms with E-state index in [0.29, 0.717) is 30.5 Å². The number of anilines is 1. The molecular weight excluding hydrogens is 340 g/mol. The third-order valence-corrected chi connectivity index (χ3v) is 4.33. The SMILES string of the molecule is O=C(NCC(c1cccnc1)N1CCOCC1)Nc1cccc(Cl)c1. The number of ether oxygens (including phenoxy) is 1. The first-order chi connectivity index (χ1) is 12.2. The van der Waals surface area contributed by atoms with Crippen molar-refractivity contribution in [1.29, 1.82) is 0 Å². The van der Waals surface area contributed by atoms with Gasteiger partial charge in [-0.2, -0.15) is 0 Å². The fraction of sp³-hybridized carbons (Fsp3) is 0.333. The molecule has 2 heterocycles. The van der Waals surface area contributed by atoms with Gasteiger partial charge in [0.05, 0.1) is 19.3 Å². The fourth-order valence-electron chi connectivity index (χ4n) is 2.85. The van der Waals surface area contributed by atoms with Crippen LogP contribution in [0.3, 0.4) is 0 Å². The lowest BCUT2D eigenvalue weighted by Crippen LogP contribution is -2.44. The third kappa shape index (κ3) is 5.16. The van der Waals surface area contributed by atoms with Crippen LogP contribution in [0.5, 0.6) is 0 Å². The molecule has 132 valence electrons. The number of hydrogen-bond donors (Lipinski definition) is 2. The molecule has 0 aliphatic carbocycles. The molecule has 6 nitrogen and oxygen atoms in total. The molecule has 2 N–H and O–H groups in total. The normalized spacial score (nSPS) is 16.2. The Labute approximate surface area is 152 Å². The number of benzene rings is 1. The Bertz CT molecular complexity index is 692. The molecule has 7 heteroatoms. The predicted octanol–water partition coefficient (Wildman–Crippen LogP) is 2.93. The number of nitrogens with one attached hydrogen (secondary N) is 2. The highest BCUT2D eigenvalue weighted by molar-refractivity contribution is 6.30. The topological polar surface area (TPSA) is 66.5 Å². The van der Waals surface area contributed by atoms with E-state index >= 15 is 0 Å². The average Bonchev–Trinajstić information content (AvgIpc) is 2.64. The second kappa shape index (κ2) is 8.80. The van der Waals surface area contributed by atoms with E-state index in [2.05, 4.69) is 20.5 Å². The van der Waals surface area contributed by atoms with Crippen LogP contribution in [0.4, 0.5) is 10.5 Å². The summed E-state index contributed by atoms with van der Waals surface area (Å²) in [5.41, 5.74) is 1.74. The number of pyridine rings is 1. The summed E-state index contributed by atoms with van der Waals surface area (Å²) < 4.78 is 5.43. The first-order valence-electron chi connectivity index (χ1n) is 8.24. The number of halogens is 1. The first-order valence-corrected chi connectivity index (χ1v) is 8.62. The third-order valence-electron chi connectivity index (χ3n) is 4.09. The quantitative estimate of drug-likeness (QED) is 0.860. The molecule has 2 amide bonds. The molecule has 2 aromatic rings. The minimum Gasteiger partial charge on any atom is -0.379 e. The van der Waals surface area contributed by atoms with E-state index in [1.54, 1.807) is 30.5 Å². The van der Waals surface area contributed by atoms with Crippen molar-refractivity contribution in [2.75, 3.05) is 38.2 Å². The van der Waals surface area contributed by atoms with Gasteiger partial charge >= 0.3 is 6.03 Å². The summed E-state index contributed by atoms with van der Waals surface area (Å²) in [4.78, 5) is 18.7. The lowest BCUT2D eigenvalue weighted by atomic mass is 10.1. The minimum atomic E-state index is -0.260. The Morgan fingerprint density at radius 1 is 1.28 bits per heavy atom. The molecule has 25 heavy (non-hydrogen) atoms. The van der Waals surface area contributed by atoms with Gasteiger partial charge in [0.1, 0.15) is 0 Å². The smallest absolute Gasteiger partial charge is 0.319 e.